The number of rotatable bonds is 1. The summed E-state index contributed by atoms with van der Waals surface area (Å²) in [6, 6.07) is 20.8. The average Bonchev–Trinajstić information content (AvgIpc) is 2.85. The van der Waals surface area contributed by atoms with Crippen LogP contribution in [-0.4, -0.2) is 10.7 Å². The van der Waals surface area contributed by atoms with E-state index in [1.54, 1.807) is 0 Å². The van der Waals surface area contributed by atoms with E-state index in [9.17, 15) is 0 Å². The highest BCUT2D eigenvalue weighted by Gasteiger charge is 2.11. The first-order valence-electron chi connectivity index (χ1n) is 6.24. The van der Waals surface area contributed by atoms with Gasteiger partial charge in [0.2, 0.25) is 0 Å². The summed E-state index contributed by atoms with van der Waals surface area (Å²) in [6.45, 7) is 1.98. The minimum Gasteiger partial charge on any atom is -0.392 e. The van der Waals surface area contributed by atoms with Gasteiger partial charge in [-0.1, -0.05) is 65.8 Å². The molecule has 0 amide bonds. The van der Waals surface area contributed by atoms with Crippen LogP contribution in [0, 0.1) is 0 Å². The Labute approximate surface area is 122 Å². The first-order valence-corrected chi connectivity index (χ1v) is 7.03. The SMILES string of the molecule is CC1CC(Br)=NO1.c1ccc(-c2ccccc2)cc1. The van der Waals surface area contributed by atoms with E-state index >= 15 is 0 Å². The minimum absolute atomic E-state index is 0.273. The van der Waals surface area contributed by atoms with Crippen molar-refractivity contribution < 1.29 is 4.84 Å². The number of halogens is 1. The molecular formula is C16H16BrNO. The Kier molecular flexibility index (Phi) is 5.16. The summed E-state index contributed by atoms with van der Waals surface area (Å²) < 4.78 is 0.917. The third-order valence-electron chi connectivity index (χ3n) is 2.67. The molecule has 0 fully saturated rings. The maximum absolute atomic E-state index is 4.81. The van der Waals surface area contributed by atoms with Crippen LogP contribution in [-0.2, 0) is 4.84 Å². The summed E-state index contributed by atoms with van der Waals surface area (Å²) >= 11 is 3.20. The fourth-order valence-electron chi connectivity index (χ4n) is 1.72. The molecule has 0 radical (unpaired) electrons. The van der Waals surface area contributed by atoms with E-state index < -0.39 is 0 Å². The molecule has 0 saturated carbocycles. The number of hydrogen-bond donors (Lipinski definition) is 0. The van der Waals surface area contributed by atoms with Crippen molar-refractivity contribution in [2.45, 2.75) is 19.4 Å². The maximum Gasteiger partial charge on any atom is 0.131 e. The molecule has 0 bridgehead atoms. The molecule has 1 atom stereocenters. The third-order valence-corrected chi connectivity index (χ3v) is 3.14. The Balaban J connectivity index is 0.000000163. The molecule has 3 rings (SSSR count). The summed E-state index contributed by atoms with van der Waals surface area (Å²) in [5.74, 6) is 0. The van der Waals surface area contributed by atoms with E-state index in [2.05, 4.69) is 69.6 Å². The van der Waals surface area contributed by atoms with Crippen LogP contribution in [0.2, 0.25) is 0 Å². The normalized spacial score (nSPS) is 16.9. The molecule has 2 aromatic rings. The zero-order valence-electron chi connectivity index (χ0n) is 10.8. The van der Waals surface area contributed by atoms with Crippen LogP contribution in [0.25, 0.3) is 11.1 Å². The lowest BCUT2D eigenvalue weighted by Gasteiger charge is -1.98. The second kappa shape index (κ2) is 7.10. The van der Waals surface area contributed by atoms with Crippen molar-refractivity contribution in [2.24, 2.45) is 5.16 Å². The number of benzene rings is 2. The zero-order chi connectivity index (χ0) is 13.5. The maximum atomic E-state index is 4.81. The van der Waals surface area contributed by atoms with Gasteiger partial charge in [-0.25, -0.2) is 0 Å². The molecule has 0 spiro atoms. The van der Waals surface area contributed by atoms with Crippen LogP contribution >= 0.6 is 15.9 Å². The number of hydrogen-bond acceptors (Lipinski definition) is 2. The van der Waals surface area contributed by atoms with Gasteiger partial charge in [-0.3, -0.25) is 0 Å². The minimum atomic E-state index is 0.273. The molecule has 0 aromatic heterocycles. The topological polar surface area (TPSA) is 21.6 Å². The Bertz CT molecular complexity index is 487. The second-order valence-corrected chi connectivity index (χ2v) is 5.24. The smallest absolute Gasteiger partial charge is 0.131 e. The zero-order valence-corrected chi connectivity index (χ0v) is 12.4. The largest absolute Gasteiger partial charge is 0.392 e. The Morgan fingerprint density at radius 3 is 1.68 bits per heavy atom. The molecule has 1 unspecified atom stereocenters. The Morgan fingerprint density at radius 2 is 1.42 bits per heavy atom. The number of oxime groups is 1. The average molecular weight is 318 g/mol. The van der Waals surface area contributed by atoms with Gasteiger partial charge in [0.1, 0.15) is 10.7 Å². The molecule has 0 saturated heterocycles. The van der Waals surface area contributed by atoms with Crippen molar-refractivity contribution >= 4 is 20.6 Å². The summed E-state index contributed by atoms with van der Waals surface area (Å²) in [5, 5.41) is 3.65. The molecule has 1 aliphatic heterocycles. The van der Waals surface area contributed by atoms with Gasteiger partial charge in [0.25, 0.3) is 0 Å². The van der Waals surface area contributed by atoms with Gasteiger partial charge in [-0.2, -0.15) is 0 Å². The predicted octanol–water partition coefficient (Wildman–Crippen LogP) is 4.86. The summed E-state index contributed by atoms with van der Waals surface area (Å²) in [4.78, 5) is 4.81. The standard InChI is InChI=1S/C12H10.C4H6BrNO/c1-3-7-11(8-4-1)12-9-5-2-6-10-12;1-3-2-4(5)6-7-3/h1-10H;3H,2H2,1H3. The van der Waals surface area contributed by atoms with E-state index in [4.69, 9.17) is 4.84 Å². The summed E-state index contributed by atoms with van der Waals surface area (Å²) in [7, 11) is 0. The van der Waals surface area contributed by atoms with E-state index in [1.165, 1.54) is 11.1 Å². The monoisotopic (exact) mass is 317 g/mol. The van der Waals surface area contributed by atoms with Crippen molar-refractivity contribution in [1.29, 1.82) is 0 Å². The molecule has 0 aliphatic carbocycles. The van der Waals surface area contributed by atoms with Crippen molar-refractivity contribution in [2.75, 3.05) is 0 Å². The van der Waals surface area contributed by atoms with Crippen LogP contribution in [0.15, 0.2) is 65.8 Å². The van der Waals surface area contributed by atoms with Crippen LogP contribution in [0.3, 0.4) is 0 Å². The summed E-state index contributed by atoms with van der Waals surface area (Å²) in [6.07, 6.45) is 1.19. The highest BCUT2D eigenvalue weighted by Crippen LogP contribution is 2.17. The van der Waals surface area contributed by atoms with Crippen molar-refractivity contribution in [1.82, 2.24) is 0 Å². The van der Waals surface area contributed by atoms with Gasteiger partial charge < -0.3 is 4.84 Å². The van der Waals surface area contributed by atoms with Gasteiger partial charge in [0.15, 0.2) is 0 Å². The Hall–Kier alpha value is -1.61. The molecule has 0 N–H and O–H groups in total. The lowest BCUT2D eigenvalue weighted by molar-refractivity contribution is 0.0996. The van der Waals surface area contributed by atoms with Crippen molar-refractivity contribution in [3.63, 3.8) is 0 Å². The fourth-order valence-corrected chi connectivity index (χ4v) is 2.26. The van der Waals surface area contributed by atoms with Crippen molar-refractivity contribution in [3.05, 3.63) is 60.7 Å². The lowest BCUT2D eigenvalue weighted by atomic mass is 10.1. The van der Waals surface area contributed by atoms with Crippen LogP contribution in [0.5, 0.6) is 0 Å². The molecule has 2 aromatic carbocycles. The molecule has 1 aliphatic rings. The van der Waals surface area contributed by atoms with Gasteiger partial charge in [0, 0.05) is 6.42 Å². The van der Waals surface area contributed by atoms with Crippen LogP contribution in [0.1, 0.15) is 13.3 Å². The lowest BCUT2D eigenvalue weighted by Crippen LogP contribution is -1.96. The highest BCUT2D eigenvalue weighted by atomic mass is 79.9. The summed E-state index contributed by atoms with van der Waals surface area (Å²) in [5.41, 5.74) is 2.55. The highest BCUT2D eigenvalue weighted by molar-refractivity contribution is 9.18. The van der Waals surface area contributed by atoms with E-state index in [0.717, 1.165) is 11.0 Å². The van der Waals surface area contributed by atoms with E-state index in [-0.39, 0.29) is 6.10 Å². The van der Waals surface area contributed by atoms with Gasteiger partial charge in [0.05, 0.1) is 0 Å². The van der Waals surface area contributed by atoms with E-state index in [1.807, 2.05) is 19.1 Å². The van der Waals surface area contributed by atoms with Crippen molar-refractivity contribution in [3.8, 4) is 11.1 Å². The fraction of sp³-hybridized carbons (Fsp3) is 0.188. The first-order chi connectivity index (χ1) is 9.25. The predicted molar refractivity (Wildman–Crippen MR) is 83.4 cm³/mol. The molecule has 98 valence electrons. The molecule has 3 heteroatoms. The third kappa shape index (κ3) is 4.52. The van der Waals surface area contributed by atoms with Gasteiger partial charge in [-0.15, -0.1) is 0 Å². The molecule has 2 nitrogen and oxygen atoms in total. The Morgan fingerprint density at radius 1 is 0.947 bits per heavy atom. The molecular weight excluding hydrogens is 302 g/mol. The molecule has 1 heterocycles. The molecule has 19 heavy (non-hydrogen) atoms. The quantitative estimate of drug-likeness (QED) is 0.736. The first kappa shape index (κ1) is 13.8. The van der Waals surface area contributed by atoms with Gasteiger partial charge >= 0.3 is 0 Å². The second-order valence-electron chi connectivity index (χ2n) is 4.32. The van der Waals surface area contributed by atoms with Gasteiger partial charge in [-0.05, 0) is 34.0 Å². The number of nitrogens with zero attached hydrogens (tertiary/aromatic N) is 1. The van der Waals surface area contributed by atoms with Crippen LogP contribution < -0.4 is 0 Å². The van der Waals surface area contributed by atoms with E-state index in [0.29, 0.717) is 0 Å². The van der Waals surface area contributed by atoms with Crippen LogP contribution in [0.4, 0.5) is 0 Å².